The van der Waals surface area contributed by atoms with Crippen LogP contribution in [-0.4, -0.2) is 77.0 Å². The van der Waals surface area contributed by atoms with Gasteiger partial charge in [-0.15, -0.1) is 0 Å². The first-order chi connectivity index (χ1) is 15.9. The molecule has 0 spiro atoms. The Labute approximate surface area is 203 Å². The molecule has 1 saturated heterocycles. The van der Waals surface area contributed by atoms with Gasteiger partial charge in [0.2, 0.25) is 11.8 Å². The van der Waals surface area contributed by atoms with E-state index in [0.717, 1.165) is 6.42 Å². The molecule has 7 atom stereocenters. The summed E-state index contributed by atoms with van der Waals surface area (Å²) in [6.45, 7) is 10.3. The molecular weight excluding hydrogens is 438 g/mol. The van der Waals surface area contributed by atoms with Gasteiger partial charge in [0.05, 0.1) is 12.7 Å². The molecule has 194 valence electrons. The quantitative estimate of drug-likeness (QED) is 0.458. The van der Waals surface area contributed by atoms with Gasteiger partial charge in [0.1, 0.15) is 6.10 Å². The number of rotatable bonds is 6. The van der Waals surface area contributed by atoms with Gasteiger partial charge in [0.25, 0.3) is 0 Å². The molecule has 34 heavy (non-hydrogen) atoms. The molecule has 0 radical (unpaired) electrons. The highest BCUT2D eigenvalue weighted by atomic mass is 16.6. The lowest BCUT2D eigenvalue weighted by Gasteiger charge is -2.60. The Morgan fingerprint density at radius 2 is 1.85 bits per heavy atom. The Morgan fingerprint density at radius 3 is 2.47 bits per heavy atom. The summed E-state index contributed by atoms with van der Waals surface area (Å²) in [6, 6.07) is -0.0684. The van der Waals surface area contributed by atoms with Gasteiger partial charge in [-0.3, -0.25) is 9.59 Å². The predicted molar refractivity (Wildman–Crippen MR) is 127 cm³/mol. The number of alkyl carbamates (subject to hydrolysis) is 1. The van der Waals surface area contributed by atoms with Gasteiger partial charge in [-0.1, -0.05) is 13.8 Å². The second kappa shape index (κ2) is 10.4. The number of carbonyl (C=O) groups excluding carboxylic acids is 3. The number of carbonyl (C=O) groups is 3. The largest absolute Gasteiger partial charge is 0.446 e. The topological polar surface area (TPSA) is 128 Å². The van der Waals surface area contributed by atoms with Crippen LogP contribution in [0.4, 0.5) is 4.79 Å². The van der Waals surface area contributed by atoms with Crippen molar-refractivity contribution in [2.45, 2.75) is 97.4 Å². The zero-order chi connectivity index (χ0) is 25.3. The van der Waals surface area contributed by atoms with Gasteiger partial charge >= 0.3 is 6.09 Å². The number of ether oxygens (including phenoxy) is 1. The Hall–Kier alpha value is -1.87. The molecule has 7 unspecified atom stereocenters. The van der Waals surface area contributed by atoms with E-state index in [2.05, 4.69) is 17.6 Å². The zero-order valence-corrected chi connectivity index (χ0v) is 21.3. The zero-order valence-electron chi connectivity index (χ0n) is 21.3. The van der Waals surface area contributed by atoms with Crippen molar-refractivity contribution in [3.05, 3.63) is 0 Å². The first-order valence-electron chi connectivity index (χ1n) is 12.7. The molecule has 0 bridgehead atoms. The third-order valence-electron chi connectivity index (χ3n) is 8.67. The van der Waals surface area contributed by atoms with Crippen LogP contribution in [0, 0.1) is 22.7 Å². The number of amides is 3. The number of aliphatic hydroxyl groups is 2. The lowest BCUT2D eigenvalue weighted by atomic mass is 9.46. The molecular formula is C25H43N3O6. The summed E-state index contributed by atoms with van der Waals surface area (Å²) in [4.78, 5) is 38.7. The van der Waals surface area contributed by atoms with Crippen LogP contribution in [0.15, 0.2) is 0 Å². The molecule has 0 aromatic heterocycles. The van der Waals surface area contributed by atoms with Crippen LogP contribution in [-0.2, 0) is 14.3 Å². The lowest BCUT2D eigenvalue weighted by Crippen LogP contribution is -2.61. The molecule has 4 N–H and O–H groups in total. The molecule has 3 amide bonds. The molecule has 9 nitrogen and oxygen atoms in total. The Bertz CT molecular complexity index is 776. The predicted octanol–water partition coefficient (Wildman–Crippen LogP) is 1.80. The molecule has 9 heteroatoms. The number of hydrogen-bond donors (Lipinski definition) is 4. The van der Waals surface area contributed by atoms with Crippen molar-refractivity contribution in [3.63, 3.8) is 0 Å². The van der Waals surface area contributed by atoms with Gasteiger partial charge in [0.15, 0.2) is 0 Å². The first-order valence-corrected chi connectivity index (χ1v) is 12.7. The molecule has 0 aromatic carbocycles. The van der Waals surface area contributed by atoms with Crippen LogP contribution in [0.3, 0.4) is 0 Å². The summed E-state index contributed by atoms with van der Waals surface area (Å²) in [5.74, 6) is -0.335. The van der Waals surface area contributed by atoms with Gasteiger partial charge in [-0.25, -0.2) is 4.79 Å². The normalized spacial score (nSPS) is 37.8. The van der Waals surface area contributed by atoms with Gasteiger partial charge in [-0.2, -0.15) is 0 Å². The van der Waals surface area contributed by atoms with E-state index in [1.807, 2.05) is 20.8 Å². The third kappa shape index (κ3) is 5.35. The number of hydrogen-bond acceptors (Lipinski definition) is 6. The van der Waals surface area contributed by atoms with Gasteiger partial charge < -0.3 is 30.5 Å². The van der Waals surface area contributed by atoms with E-state index in [-0.39, 0.29) is 54.2 Å². The van der Waals surface area contributed by atoms with Crippen LogP contribution in [0.2, 0.25) is 0 Å². The molecule has 2 aliphatic carbocycles. The summed E-state index contributed by atoms with van der Waals surface area (Å²) in [7, 11) is 0. The fraction of sp³-hybridized carbons (Fsp3) is 0.880. The monoisotopic (exact) mass is 481 g/mol. The molecule has 1 aliphatic heterocycles. The minimum Gasteiger partial charge on any atom is -0.446 e. The van der Waals surface area contributed by atoms with E-state index in [4.69, 9.17) is 4.74 Å². The van der Waals surface area contributed by atoms with Gasteiger partial charge in [-0.05, 0) is 63.2 Å². The van der Waals surface area contributed by atoms with Crippen molar-refractivity contribution >= 4 is 17.9 Å². The highest BCUT2D eigenvalue weighted by Crippen LogP contribution is 2.61. The van der Waals surface area contributed by atoms with Crippen LogP contribution < -0.4 is 10.6 Å². The molecule has 3 aliphatic rings. The average Bonchev–Trinajstić information content (AvgIpc) is 3.20. The molecule has 1 heterocycles. The van der Waals surface area contributed by atoms with E-state index in [9.17, 15) is 24.6 Å². The number of likely N-dealkylation sites (tertiary alicyclic amines) is 1. The van der Waals surface area contributed by atoms with Crippen LogP contribution in [0.1, 0.15) is 73.1 Å². The standard InChI is InChI=1S/C25H43N3O6/c1-15(2)26-23(33)34-21-8-10-24(4)18(19(31)6-7-20(24)25(21,5)14-29)12-22(32)28-11-9-17(13-28)27-16(3)30/h15,17-21,29,31H,6-14H2,1-5H3,(H,26,33)(H,27,30). The number of nitrogens with one attached hydrogen (secondary N) is 2. The summed E-state index contributed by atoms with van der Waals surface area (Å²) in [5.41, 5.74) is -1.02. The fourth-order valence-electron chi connectivity index (χ4n) is 6.89. The Balaban J connectivity index is 1.74. The minimum absolute atomic E-state index is 0.000775. The third-order valence-corrected chi connectivity index (χ3v) is 8.67. The van der Waals surface area contributed by atoms with Crippen molar-refractivity contribution < 1.29 is 29.3 Å². The summed E-state index contributed by atoms with van der Waals surface area (Å²) >= 11 is 0. The Morgan fingerprint density at radius 1 is 1.15 bits per heavy atom. The van der Waals surface area contributed by atoms with E-state index < -0.39 is 23.7 Å². The molecule has 3 rings (SSSR count). The fourth-order valence-corrected chi connectivity index (χ4v) is 6.89. The van der Waals surface area contributed by atoms with Crippen LogP contribution >= 0.6 is 0 Å². The van der Waals surface area contributed by atoms with Crippen molar-refractivity contribution in [2.75, 3.05) is 19.7 Å². The number of nitrogens with zero attached hydrogens (tertiary/aromatic N) is 1. The number of aliphatic hydroxyl groups excluding tert-OH is 2. The molecule has 2 saturated carbocycles. The summed E-state index contributed by atoms with van der Waals surface area (Å²) in [6.07, 6.45) is 2.00. The maximum absolute atomic E-state index is 13.2. The SMILES string of the molecule is CC(=O)NC1CCN(C(=O)CC2C(O)CCC3C(C)(CO)C(OC(=O)NC(C)C)CCC23C)C1. The van der Waals surface area contributed by atoms with E-state index in [0.29, 0.717) is 38.8 Å². The van der Waals surface area contributed by atoms with Gasteiger partial charge in [0, 0.05) is 43.9 Å². The number of fused-ring (bicyclic) bond motifs is 1. The second-order valence-electron chi connectivity index (χ2n) is 11.4. The molecule has 0 aromatic rings. The van der Waals surface area contributed by atoms with Crippen LogP contribution in [0.25, 0.3) is 0 Å². The second-order valence-corrected chi connectivity index (χ2v) is 11.4. The highest BCUT2D eigenvalue weighted by molar-refractivity contribution is 5.77. The van der Waals surface area contributed by atoms with E-state index in [1.165, 1.54) is 6.92 Å². The lowest BCUT2D eigenvalue weighted by molar-refractivity contribution is -0.187. The minimum atomic E-state index is -0.660. The van der Waals surface area contributed by atoms with Crippen molar-refractivity contribution in [1.29, 1.82) is 0 Å². The highest BCUT2D eigenvalue weighted by Gasteiger charge is 2.60. The van der Waals surface area contributed by atoms with E-state index in [1.54, 1.807) is 4.90 Å². The van der Waals surface area contributed by atoms with E-state index >= 15 is 0 Å². The summed E-state index contributed by atoms with van der Waals surface area (Å²) in [5, 5.41) is 27.1. The van der Waals surface area contributed by atoms with Crippen molar-refractivity contribution in [2.24, 2.45) is 22.7 Å². The molecule has 3 fully saturated rings. The Kier molecular flexibility index (Phi) is 8.18. The van der Waals surface area contributed by atoms with Crippen molar-refractivity contribution in [3.8, 4) is 0 Å². The van der Waals surface area contributed by atoms with Crippen molar-refractivity contribution in [1.82, 2.24) is 15.5 Å². The summed E-state index contributed by atoms with van der Waals surface area (Å²) < 4.78 is 5.79. The maximum Gasteiger partial charge on any atom is 0.407 e. The van der Waals surface area contributed by atoms with Crippen LogP contribution in [0.5, 0.6) is 0 Å². The first kappa shape index (κ1) is 26.7. The average molecular weight is 482 g/mol. The smallest absolute Gasteiger partial charge is 0.407 e. The maximum atomic E-state index is 13.2.